The van der Waals surface area contributed by atoms with E-state index in [2.05, 4.69) is 0 Å². The summed E-state index contributed by atoms with van der Waals surface area (Å²) in [5.74, 6) is 0.322. The fourth-order valence-electron chi connectivity index (χ4n) is 0.428. The Morgan fingerprint density at radius 3 is 1.43 bits per heavy atom. The number of phenolic OH excluding ortho intramolecular Hbond substituents is 1. The maximum atomic E-state index is 8.74. The predicted molar refractivity (Wildman–Crippen MR) is 50.4 cm³/mol. The minimum Gasteiger partial charge on any atom is -0.508 e. The topological polar surface area (TPSA) is 115 Å². The van der Waals surface area contributed by atoms with E-state index in [0.29, 0.717) is 5.75 Å². The van der Waals surface area contributed by atoms with Gasteiger partial charge in [-0.3, -0.25) is 9.11 Å². The first-order valence-corrected chi connectivity index (χ1v) is 4.68. The van der Waals surface area contributed by atoms with E-state index in [1.807, 2.05) is 6.07 Å². The maximum absolute atomic E-state index is 8.74. The van der Waals surface area contributed by atoms with Crippen molar-refractivity contribution in [2.24, 2.45) is 0 Å². The molecule has 14 heavy (non-hydrogen) atoms. The van der Waals surface area contributed by atoms with Crippen molar-refractivity contribution >= 4 is 10.4 Å². The lowest BCUT2D eigenvalue weighted by atomic mass is 10.3. The summed E-state index contributed by atoms with van der Waals surface area (Å²) in [5.41, 5.74) is 0. The van der Waals surface area contributed by atoms with Gasteiger partial charge in [0.1, 0.15) is 5.75 Å². The number of aromatic hydroxyl groups is 1. The number of para-hydroxylation sites is 1. The average molecular weight is 224 g/mol. The third-order valence-electron chi connectivity index (χ3n) is 0.756. The summed E-state index contributed by atoms with van der Waals surface area (Å²) >= 11 is 0. The minimum atomic E-state index is -4.67. The molecule has 6 nitrogen and oxygen atoms in total. The summed E-state index contributed by atoms with van der Waals surface area (Å²) in [6.07, 6.45) is 0. The number of benzene rings is 1. The average Bonchev–Trinajstić information content (AvgIpc) is 2.06. The monoisotopic (exact) mass is 224 g/mol. The fourth-order valence-corrected chi connectivity index (χ4v) is 0.428. The molecule has 4 N–H and O–H groups in total. The van der Waals surface area contributed by atoms with Gasteiger partial charge in [-0.05, 0) is 12.1 Å². The molecule has 0 aromatic heterocycles. The second kappa shape index (κ2) is 8.45. The van der Waals surface area contributed by atoms with Crippen LogP contribution < -0.4 is 0 Å². The molecule has 0 aliphatic heterocycles. The summed E-state index contributed by atoms with van der Waals surface area (Å²) in [7, 11) is -3.67. The van der Waals surface area contributed by atoms with E-state index in [1.165, 1.54) is 0 Å². The van der Waals surface area contributed by atoms with E-state index < -0.39 is 10.4 Å². The Morgan fingerprint density at radius 2 is 1.29 bits per heavy atom. The second-order valence-corrected chi connectivity index (χ2v) is 2.68. The van der Waals surface area contributed by atoms with Gasteiger partial charge in [-0.1, -0.05) is 18.2 Å². The smallest absolute Gasteiger partial charge is 0.394 e. The Morgan fingerprint density at radius 1 is 1.00 bits per heavy atom. The van der Waals surface area contributed by atoms with Crippen LogP contribution in [0.4, 0.5) is 0 Å². The molecule has 82 valence electrons. The Labute approximate surface area is 82.0 Å². The van der Waals surface area contributed by atoms with Crippen molar-refractivity contribution in [1.29, 1.82) is 0 Å². The molecule has 0 unspecified atom stereocenters. The molecule has 0 radical (unpaired) electrons. The van der Waals surface area contributed by atoms with Gasteiger partial charge >= 0.3 is 10.4 Å². The molecule has 0 aliphatic rings. The summed E-state index contributed by atoms with van der Waals surface area (Å²) in [6, 6.07) is 8.71. The number of hydrogen-bond donors (Lipinski definition) is 4. The Kier molecular flexibility index (Phi) is 9.25. The van der Waals surface area contributed by atoms with Crippen molar-refractivity contribution in [2.75, 3.05) is 7.11 Å². The van der Waals surface area contributed by atoms with Crippen molar-refractivity contribution in [3.63, 3.8) is 0 Å². The second-order valence-electron chi connectivity index (χ2n) is 1.78. The quantitative estimate of drug-likeness (QED) is 0.472. The fraction of sp³-hybridized carbons (Fsp3) is 0.143. The van der Waals surface area contributed by atoms with E-state index in [4.69, 9.17) is 27.7 Å². The molecule has 1 aromatic rings. The van der Waals surface area contributed by atoms with E-state index >= 15 is 0 Å². The molecule has 0 bridgehead atoms. The zero-order valence-corrected chi connectivity index (χ0v) is 8.22. The lowest BCUT2D eigenvalue weighted by Gasteiger charge is -1.82. The van der Waals surface area contributed by atoms with Gasteiger partial charge < -0.3 is 10.2 Å². The number of aliphatic hydroxyl groups is 1. The van der Waals surface area contributed by atoms with Crippen LogP contribution in [0.15, 0.2) is 30.3 Å². The zero-order valence-electron chi connectivity index (χ0n) is 7.40. The van der Waals surface area contributed by atoms with Gasteiger partial charge in [-0.2, -0.15) is 8.42 Å². The van der Waals surface area contributed by atoms with Gasteiger partial charge in [-0.15, -0.1) is 0 Å². The highest BCUT2D eigenvalue weighted by Gasteiger charge is 1.84. The summed E-state index contributed by atoms with van der Waals surface area (Å²) < 4.78 is 31.6. The lowest BCUT2D eigenvalue weighted by molar-refractivity contribution is 0.381. The molecule has 0 atom stereocenters. The SMILES string of the molecule is CO.O=S(=O)(O)O.Oc1ccccc1. The molecule has 0 heterocycles. The van der Waals surface area contributed by atoms with Crippen LogP contribution in [0.2, 0.25) is 0 Å². The normalized spacial score (nSPS) is 8.86. The van der Waals surface area contributed by atoms with Crippen molar-refractivity contribution in [2.45, 2.75) is 0 Å². The Balaban J connectivity index is 0. The largest absolute Gasteiger partial charge is 0.508 e. The zero-order chi connectivity index (χ0) is 11.6. The molecule has 0 aliphatic carbocycles. The molecular formula is C7H12O6S. The highest BCUT2D eigenvalue weighted by Crippen LogP contribution is 2.02. The third kappa shape index (κ3) is 22.4. The molecule has 1 aromatic carbocycles. The van der Waals surface area contributed by atoms with E-state index in [1.54, 1.807) is 24.3 Å². The van der Waals surface area contributed by atoms with Crippen LogP contribution in [-0.2, 0) is 10.4 Å². The van der Waals surface area contributed by atoms with E-state index in [9.17, 15) is 0 Å². The van der Waals surface area contributed by atoms with Crippen molar-refractivity contribution in [1.82, 2.24) is 0 Å². The van der Waals surface area contributed by atoms with Gasteiger partial charge in [-0.25, -0.2) is 0 Å². The first-order chi connectivity index (χ1) is 6.39. The Hall–Kier alpha value is -1.15. The summed E-state index contributed by atoms with van der Waals surface area (Å²) in [5, 5.41) is 15.6. The number of phenols is 1. The van der Waals surface area contributed by atoms with Gasteiger partial charge in [0.2, 0.25) is 0 Å². The lowest BCUT2D eigenvalue weighted by Crippen LogP contribution is -1.89. The molecule has 0 spiro atoms. The highest BCUT2D eigenvalue weighted by atomic mass is 32.3. The van der Waals surface area contributed by atoms with Gasteiger partial charge in [0.25, 0.3) is 0 Å². The van der Waals surface area contributed by atoms with Gasteiger partial charge in [0.05, 0.1) is 0 Å². The van der Waals surface area contributed by atoms with Crippen LogP contribution in [0.3, 0.4) is 0 Å². The number of hydrogen-bond acceptors (Lipinski definition) is 4. The van der Waals surface area contributed by atoms with Crippen LogP contribution in [0.5, 0.6) is 5.75 Å². The predicted octanol–water partition coefficient (Wildman–Crippen LogP) is 0.348. The van der Waals surface area contributed by atoms with Crippen LogP contribution in [0.25, 0.3) is 0 Å². The number of rotatable bonds is 0. The maximum Gasteiger partial charge on any atom is 0.394 e. The van der Waals surface area contributed by atoms with Crippen molar-refractivity contribution < 1.29 is 27.7 Å². The first-order valence-electron chi connectivity index (χ1n) is 3.28. The van der Waals surface area contributed by atoms with Crippen molar-refractivity contribution in [3.8, 4) is 5.75 Å². The third-order valence-corrected chi connectivity index (χ3v) is 0.756. The molecule has 0 fully saturated rings. The van der Waals surface area contributed by atoms with Gasteiger partial charge in [0, 0.05) is 7.11 Å². The van der Waals surface area contributed by atoms with E-state index in [0.717, 1.165) is 7.11 Å². The van der Waals surface area contributed by atoms with Crippen LogP contribution in [-0.4, -0.2) is 34.8 Å². The van der Waals surface area contributed by atoms with Gasteiger partial charge in [0.15, 0.2) is 0 Å². The first kappa shape index (κ1) is 15.3. The van der Waals surface area contributed by atoms with Crippen LogP contribution in [0.1, 0.15) is 0 Å². The molecule has 0 amide bonds. The minimum absolute atomic E-state index is 0.322. The summed E-state index contributed by atoms with van der Waals surface area (Å²) in [6.45, 7) is 0. The number of aliphatic hydroxyl groups excluding tert-OH is 1. The standard InChI is InChI=1S/C6H6O.CH4O.H2O4S/c7-6-4-2-1-3-5-6;1-2;1-5(2,3)4/h1-5,7H;2H,1H3;(H2,1,2,3,4). The molecule has 0 saturated carbocycles. The molecule has 0 saturated heterocycles. The van der Waals surface area contributed by atoms with Crippen molar-refractivity contribution in [3.05, 3.63) is 30.3 Å². The van der Waals surface area contributed by atoms with Crippen LogP contribution in [0, 0.1) is 0 Å². The molecule has 7 heteroatoms. The molecular weight excluding hydrogens is 212 g/mol. The summed E-state index contributed by atoms with van der Waals surface area (Å²) in [4.78, 5) is 0. The molecule has 1 rings (SSSR count). The Bertz CT molecular complexity index is 298. The highest BCUT2D eigenvalue weighted by molar-refractivity contribution is 7.79. The van der Waals surface area contributed by atoms with Crippen LogP contribution >= 0.6 is 0 Å². The van der Waals surface area contributed by atoms with E-state index in [-0.39, 0.29) is 0 Å².